The van der Waals surface area contributed by atoms with Crippen LogP contribution in [-0.4, -0.2) is 26.0 Å². The minimum atomic E-state index is -4.82. The number of carbonyl (C=O) groups excluding carboxylic acids is 1. The molecule has 2 aromatic rings. The average molecular weight is 380 g/mol. The van der Waals surface area contributed by atoms with Crippen LogP contribution in [0, 0.1) is 11.3 Å². The maximum absolute atomic E-state index is 12.4. The summed E-state index contributed by atoms with van der Waals surface area (Å²) >= 11 is 0. The highest BCUT2D eigenvalue weighted by Gasteiger charge is 2.31. The smallest absolute Gasteiger partial charge is 0.493 e. The van der Waals surface area contributed by atoms with Crippen molar-refractivity contribution in [1.29, 1.82) is 5.26 Å². The fourth-order valence-corrected chi connectivity index (χ4v) is 2.12. The number of hydrogen-bond acceptors (Lipinski definition) is 5. The van der Waals surface area contributed by atoms with Gasteiger partial charge in [0, 0.05) is 18.2 Å². The van der Waals surface area contributed by atoms with E-state index in [2.05, 4.69) is 10.1 Å². The van der Waals surface area contributed by atoms with Crippen LogP contribution in [0.1, 0.15) is 11.1 Å². The minimum Gasteiger partial charge on any atom is -0.493 e. The number of methoxy groups -OCH3 is 1. The van der Waals surface area contributed by atoms with Crippen molar-refractivity contribution in [3.63, 3.8) is 0 Å². The summed E-state index contributed by atoms with van der Waals surface area (Å²) in [5.41, 5.74) is 0.532. The van der Waals surface area contributed by atoms with Crippen molar-refractivity contribution in [2.24, 2.45) is 0 Å². The molecular weight excluding hydrogens is 365 g/mol. The Morgan fingerprint density at radius 2 is 1.89 bits per heavy atom. The molecule has 0 aliphatic heterocycles. The third-order valence-electron chi connectivity index (χ3n) is 3.33. The van der Waals surface area contributed by atoms with Gasteiger partial charge in [-0.05, 0) is 18.2 Å². The van der Waals surface area contributed by atoms with Crippen molar-refractivity contribution in [3.05, 3.63) is 53.6 Å². The van der Waals surface area contributed by atoms with E-state index in [0.717, 1.165) is 6.07 Å². The summed E-state index contributed by atoms with van der Waals surface area (Å²) in [4.78, 5) is 11.9. The molecule has 0 spiro atoms. The molecule has 27 heavy (non-hydrogen) atoms. The summed E-state index contributed by atoms with van der Waals surface area (Å²) in [5.74, 6) is -0.401. The highest BCUT2D eigenvalue weighted by atomic mass is 19.4. The Balaban J connectivity index is 1.94. The van der Waals surface area contributed by atoms with Gasteiger partial charge in [0.1, 0.15) is 5.75 Å². The van der Waals surface area contributed by atoms with Gasteiger partial charge < -0.3 is 19.5 Å². The Morgan fingerprint density at radius 3 is 2.56 bits per heavy atom. The van der Waals surface area contributed by atoms with Crippen LogP contribution in [-0.2, 0) is 11.3 Å². The molecule has 0 fully saturated rings. The molecule has 142 valence electrons. The second kappa shape index (κ2) is 8.80. The van der Waals surface area contributed by atoms with Gasteiger partial charge in [-0.1, -0.05) is 18.2 Å². The maximum atomic E-state index is 12.4. The first-order chi connectivity index (χ1) is 12.8. The van der Waals surface area contributed by atoms with Gasteiger partial charge in [0.25, 0.3) is 5.91 Å². The number of amides is 1. The summed E-state index contributed by atoms with van der Waals surface area (Å²) in [6.45, 7) is -0.552. The van der Waals surface area contributed by atoms with Gasteiger partial charge in [-0.2, -0.15) is 5.26 Å². The molecule has 9 heteroatoms. The van der Waals surface area contributed by atoms with Crippen LogP contribution in [0.15, 0.2) is 42.5 Å². The molecule has 6 nitrogen and oxygen atoms in total. The van der Waals surface area contributed by atoms with Gasteiger partial charge in [-0.25, -0.2) is 0 Å². The van der Waals surface area contributed by atoms with Crippen LogP contribution >= 0.6 is 0 Å². The van der Waals surface area contributed by atoms with Crippen molar-refractivity contribution in [3.8, 4) is 23.3 Å². The first kappa shape index (κ1) is 19.9. The molecule has 0 saturated heterocycles. The molecule has 2 aromatic carbocycles. The normalized spacial score (nSPS) is 10.6. The summed E-state index contributed by atoms with van der Waals surface area (Å²) in [7, 11) is 1.39. The predicted octanol–water partition coefficient (Wildman–Crippen LogP) is 3.16. The number of nitriles is 1. The van der Waals surface area contributed by atoms with E-state index in [0.29, 0.717) is 5.56 Å². The number of halogens is 3. The lowest BCUT2D eigenvalue weighted by atomic mass is 10.2. The minimum absolute atomic E-state index is 0.166. The standard InChI is InChI=1S/C18H15F3N2O4/c1-25-16-8-12(9-22)6-7-15(16)26-11-17(24)23-10-13-4-2-3-5-14(13)27-18(19,20)21/h2-8H,10-11H2,1H3,(H,23,24). The molecule has 0 heterocycles. The predicted molar refractivity (Wildman–Crippen MR) is 88.2 cm³/mol. The Kier molecular flexibility index (Phi) is 6.49. The number of rotatable bonds is 7. The summed E-state index contributed by atoms with van der Waals surface area (Å²) < 4.78 is 51.5. The topological polar surface area (TPSA) is 80.6 Å². The quantitative estimate of drug-likeness (QED) is 0.798. The Bertz CT molecular complexity index is 847. The van der Waals surface area contributed by atoms with Crippen LogP contribution in [0.25, 0.3) is 0 Å². The van der Waals surface area contributed by atoms with Crippen LogP contribution in [0.4, 0.5) is 13.2 Å². The zero-order valence-electron chi connectivity index (χ0n) is 14.2. The van der Waals surface area contributed by atoms with Gasteiger partial charge in [-0.3, -0.25) is 4.79 Å². The molecule has 0 bridgehead atoms. The highest BCUT2D eigenvalue weighted by molar-refractivity contribution is 5.77. The van der Waals surface area contributed by atoms with Crippen molar-refractivity contribution < 1.29 is 32.2 Å². The second-order valence-corrected chi connectivity index (χ2v) is 5.20. The van der Waals surface area contributed by atoms with E-state index in [9.17, 15) is 18.0 Å². The summed E-state index contributed by atoms with van der Waals surface area (Å²) in [6, 6.07) is 11.9. The summed E-state index contributed by atoms with van der Waals surface area (Å²) in [5, 5.41) is 11.3. The number of para-hydroxylation sites is 1. The lowest BCUT2D eigenvalue weighted by Gasteiger charge is -2.14. The van der Waals surface area contributed by atoms with E-state index in [1.54, 1.807) is 0 Å². The fraction of sp³-hybridized carbons (Fsp3) is 0.222. The SMILES string of the molecule is COc1cc(C#N)ccc1OCC(=O)NCc1ccccc1OC(F)(F)F. The Morgan fingerprint density at radius 1 is 1.15 bits per heavy atom. The van der Waals surface area contributed by atoms with Gasteiger partial charge in [0.05, 0.1) is 18.7 Å². The van der Waals surface area contributed by atoms with Crippen molar-refractivity contribution >= 4 is 5.91 Å². The number of benzene rings is 2. The number of hydrogen-bond donors (Lipinski definition) is 1. The third-order valence-corrected chi connectivity index (χ3v) is 3.33. The molecule has 1 N–H and O–H groups in total. The van der Waals surface area contributed by atoms with Gasteiger partial charge in [0.2, 0.25) is 0 Å². The highest BCUT2D eigenvalue weighted by Crippen LogP contribution is 2.28. The molecule has 1 amide bonds. The van der Waals surface area contributed by atoms with Crippen molar-refractivity contribution in [1.82, 2.24) is 5.32 Å². The molecule has 2 rings (SSSR count). The Labute approximate surface area is 153 Å². The molecule has 0 atom stereocenters. The third kappa shape index (κ3) is 6.11. The number of nitrogens with zero attached hydrogens (tertiary/aromatic N) is 1. The number of carbonyl (C=O) groups is 1. The monoisotopic (exact) mass is 380 g/mol. The first-order valence-electron chi connectivity index (χ1n) is 7.63. The first-order valence-corrected chi connectivity index (χ1v) is 7.63. The molecule has 0 aliphatic rings. The number of ether oxygens (including phenoxy) is 3. The second-order valence-electron chi connectivity index (χ2n) is 5.20. The maximum Gasteiger partial charge on any atom is 0.573 e. The zero-order chi connectivity index (χ0) is 19.9. The van der Waals surface area contributed by atoms with E-state index >= 15 is 0 Å². The lowest BCUT2D eigenvalue weighted by molar-refractivity contribution is -0.274. The summed E-state index contributed by atoms with van der Waals surface area (Å²) in [6.07, 6.45) is -4.82. The number of alkyl halides is 3. The molecular formula is C18H15F3N2O4. The van der Waals surface area contributed by atoms with Crippen LogP contribution in [0.5, 0.6) is 17.2 Å². The zero-order valence-corrected chi connectivity index (χ0v) is 14.2. The lowest BCUT2D eigenvalue weighted by Crippen LogP contribution is -2.29. The van der Waals surface area contributed by atoms with E-state index in [-0.39, 0.29) is 36.0 Å². The van der Waals surface area contributed by atoms with Crippen LogP contribution in [0.2, 0.25) is 0 Å². The Hall–Kier alpha value is -3.41. The van der Waals surface area contributed by atoms with Crippen molar-refractivity contribution in [2.75, 3.05) is 13.7 Å². The van der Waals surface area contributed by atoms with E-state index in [1.165, 1.54) is 43.5 Å². The van der Waals surface area contributed by atoms with Crippen molar-refractivity contribution in [2.45, 2.75) is 12.9 Å². The molecule has 0 saturated carbocycles. The molecule has 0 radical (unpaired) electrons. The van der Waals surface area contributed by atoms with Gasteiger partial charge in [-0.15, -0.1) is 13.2 Å². The van der Waals surface area contributed by atoms with E-state index < -0.39 is 12.3 Å². The van der Waals surface area contributed by atoms with Gasteiger partial charge in [0.15, 0.2) is 18.1 Å². The van der Waals surface area contributed by atoms with E-state index in [1.807, 2.05) is 6.07 Å². The largest absolute Gasteiger partial charge is 0.573 e. The molecule has 0 aliphatic carbocycles. The fourth-order valence-electron chi connectivity index (χ4n) is 2.12. The number of nitrogens with one attached hydrogen (secondary N) is 1. The van der Waals surface area contributed by atoms with Crippen LogP contribution in [0.3, 0.4) is 0 Å². The molecule has 0 aromatic heterocycles. The van der Waals surface area contributed by atoms with Gasteiger partial charge >= 0.3 is 6.36 Å². The van der Waals surface area contributed by atoms with E-state index in [4.69, 9.17) is 14.7 Å². The average Bonchev–Trinajstić information content (AvgIpc) is 2.64. The van der Waals surface area contributed by atoms with Crippen LogP contribution < -0.4 is 19.5 Å². The molecule has 0 unspecified atom stereocenters.